The molecule has 8 nitrogen and oxygen atoms in total. The van der Waals surface area contributed by atoms with E-state index in [-0.39, 0.29) is 19.1 Å². The third kappa shape index (κ3) is 6.37. The van der Waals surface area contributed by atoms with E-state index < -0.39 is 23.8 Å². The molecule has 0 bridgehead atoms. The van der Waals surface area contributed by atoms with Crippen LogP contribution in [0.3, 0.4) is 0 Å². The van der Waals surface area contributed by atoms with E-state index in [1.54, 1.807) is 0 Å². The molecule has 1 aliphatic rings. The average molecular weight is 302 g/mol. The van der Waals surface area contributed by atoms with Crippen molar-refractivity contribution in [2.24, 2.45) is 11.8 Å². The third-order valence-electron chi connectivity index (χ3n) is 3.15. The van der Waals surface area contributed by atoms with Gasteiger partial charge in [-0.25, -0.2) is 9.59 Å². The third-order valence-corrected chi connectivity index (χ3v) is 3.15. The highest BCUT2D eigenvalue weighted by Crippen LogP contribution is 2.29. The molecule has 1 aliphatic carbocycles. The highest BCUT2D eigenvalue weighted by molar-refractivity contribution is 5.81. The van der Waals surface area contributed by atoms with Gasteiger partial charge < -0.3 is 9.84 Å². The molecule has 0 saturated heterocycles. The first-order valence-electron chi connectivity index (χ1n) is 6.56. The maximum atomic E-state index is 11.6. The number of carboxylic acid groups (broad SMARTS) is 1. The van der Waals surface area contributed by atoms with Crippen molar-refractivity contribution in [1.82, 2.24) is 0 Å². The van der Waals surface area contributed by atoms with Crippen LogP contribution in [0.1, 0.15) is 25.7 Å². The molecule has 0 aromatic rings. The molecule has 1 N–H and O–H groups in total. The fourth-order valence-electron chi connectivity index (χ4n) is 1.97. The zero-order chi connectivity index (χ0) is 15.7. The Bertz CT molecular complexity index is 384. The summed E-state index contributed by atoms with van der Waals surface area (Å²) in [5.74, 6) is -2.81. The fraction of sp³-hybridized carbons (Fsp3) is 0.615. The van der Waals surface area contributed by atoms with E-state index in [0.717, 1.165) is 6.08 Å². The van der Waals surface area contributed by atoms with Crippen LogP contribution < -0.4 is 0 Å². The summed E-state index contributed by atoms with van der Waals surface area (Å²) in [6.07, 6.45) is 2.77. The van der Waals surface area contributed by atoms with Gasteiger partial charge in [0, 0.05) is 6.08 Å². The molecule has 1 saturated carbocycles. The van der Waals surface area contributed by atoms with Crippen molar-refractivity contribution < 1.29 is 39.0 Å². The van der Waals surface area contributed by atoms with Gasteiger partial charge in [-0.15, -0.1) is 0 Å². The van der Waals surface area contributed by atoms with E-state index in [4.69, 9.17) is 5.11 Å². The van der Waals surface area contributed by atoms with Crippen molar-refractivity contribution in [2.75, 3.05) is 13.2 Å². The lowest BCUT2D eigenvalue weighted by Gasteiger charge is -2.23. The maximum Gasteiger partial charge on any atom is 0.348 e. The Balaban J connectivity index is 2.08. The van der Waals surface area contributed by atoms with Crippen LogP contribution >= 0.6 is 0 Å². The van der Waals surface area contributed by atoms with Crippen molar-refractivity contribution in [3.63, 3.8) is 0 Å². The lowest BCUT2D eigenvalue weighted by Crippen LogP contribution is -2.27. The van der Waals surface area contributed by atoms with Crippen molar-refractivity contribution in [2.45, 2.75) is 25.7 Å². The minimum absolute atomic E-state index is 0.0634. The number of carboxylic acids is 1. The Hall–Kier alpha value is -1.93. The largest absolute Gasteiger partial charge is 0.481 e. The van der Waals surface area contributed by atoms with Crippen LogP contribution in [0.15, 0.2) is 12.7 Å². The number of aliphatic carboxylic acids is 1. The molecule has 1 fully saturated rings. The van der Waals surface area contributed by atoms with Crippen LogP contribution in [0.25, 0.3) is 0 Å². The van der Waals surface area contributed by atoms with E-state index in [0.29, 0.717) is 25.7 Å². The van der Waals surface area contributed by atoms with Crippen LogP contribution in [-0.2, 0) is 33.9 Å². The molecule has 0 atom stereocenters. The van der Waals surface area contributed by atoms with Gasteiger partial charge in [-0.3, -0.25) is 9.68 Å². The first-order chi connectivity index (χ1) is 10.0. The molecule has 1 rings (SSSR count). The van der Waals surface area contributed by atoms with Gasteiger partial charge in [0.15, 0.2) is 0 Å². The summed E-state index contributed by atoms with van der Waals surface area (Å²) in [7, 11) is 0. The Morgan fingerprint density at radius 2 is 1.71 bits per heavy atom. The molecular weight excluding hydrogens is 284 g/mol. The maximum absolute atomic E-state index is 11.6. The van der Waals surface area contributed by atoms with Gasteiger partial charge in [0.25, 0.3) is 0 Å². The molecule has 0 unspecified atom stereocenters. The van der Waals surface area contributed by atoms with E-state index in [1.807, 2.05) is 0 Å². The minimum Gasteiger partial charge on any atom is -0.481 e. The van der Waals surface area contributed by atoms with E-state index in [2.05, 4.69) is 26.1 Å². The van der Waals surface area contributed by atoms with Gasteiger partial charge in [-0.05, 0) is 30.7 Å². The first kappa shape index (κ1) is 17.1. The Labute approximate surface area is 121 Å². The van der Waals surface area contributed by atoms with Gasteiger partial charge in [-0.1, -0.05) is 6.58 Å². The van der Waals surface area contributed by atoms with Crippen LogP contribution in [0.5, 0.6) is 0 Å². The van der Waals surface area contributed by atoms with Gasteiger partial charge in [-0.2, -0.15) is 4.89 Å². The lowest BCUT2D eigenvalue weighted by atomic mass is 9.82. The zero-order valence-corrected chi connectivity index (χ0v) is 11.5. The molecule has 0 aromatic carbocycles. The van der Waals surface area contributed by atoms with Crippen LogP contribution in [0, 0.1) is 11.8 Å². The van der Waals surface area contributed by atoms with Gasteiger partial charge in [0.1, 0.15) is 13.2 Å². The summed E-state index contributed by atoms with van der Waals surface area (Å²) in [5.41, 5.74) is 0. The molecular formula is C13H18O8. The monoisotopic (exact) mass is 302 g/mol. The summed E-state index contributed by atoms with van der Waals surface area (Å²) in [5, 5.41) is 13.1. The average Bonchev–Trinajstić information content (AvgIpc) is 2.50. The molecule has 0 spiro atoms. The number of hydrogen-bond acceptors (Lipinski definition) is 7. The van der Waals surface area contributed by atoms with Gasteiger partial charge in [0.2, 0.25) is 0 Å². The highest BCUT2D eigenvalue weighted by Gasteiger charge is 2.31. The normalized spacial score (nSPS) is 21.3. The summed E-state index contributed by atoms with van der Waals surface area (Å²) in [6, 6.07) is 0. The Morgan fingerprint density at radius 3 is 2.29 bits per heavy atom. The lowest BCUT2D eigenvalue weighted by molar-refractivity contribution is -0.488. The van der Waals surface area contributed by atoms with Crippen molar-refractivity contribution in [3.05, 3.63) is 12.7 Å². The number of ether oxygens (including phenoxy) is 1. The summed E-state index contributed by atoms with van der Waals surface area (Å²) in [4.78, 5) is 42.0. The summed E-state index contributed by atoms with van der Waals surface area (Å²) >= 11 is 0. The number of carbonyl (C=O) groups excluding carboxylic acids is 2. The first-order valence-corrected chi connectivity index (χ1v) is 6.56. The fourth-order valence-corrected chi connectivity index (χ4v) is 1.97. The van der Waals surface area contributed by atoms with E-state index in [9.17, 15) is 14.4 Å². The predicted molar refractivity (Wildman–Crippen MR) is 67.4 cm³/mol. The quantitative estimate of drug-likeness (QED) is 0.233. The topological polar surface area (TPSA) is 108 Å². The van der Waals surface area contributed by atoms with Crippen molar-refractivity contribution in [3.8, 4) is 0 Å². The molecule has 0 radical (unpaired) electrons. The molecule has 21 heavy (non-hydrogen) atoms. The smallest absolute Gasteiger partial charge is 0.348 e. The van der Waals surface area contributed by atoms with Gasteiger partial charge in [0.05, 0.1) is 11.8 Å². The molecule has 118 valence electrons. The van der Waals surface area contributed by atoms with Crippen molar-refractivity contribution in [1.29, 1.82) is 0 Å². The second-order valence-electron chi connectivity index (χ2n) is 4.55. The number of rotatable bonds is 8. The second-order valence-corrected chi connectivity index (χ2v) is 4.55. The Kier molecular flexibility index (Phi) is 7.41. The van der Waals surface area contributed by atoms with Gasteiger partial charge >= 0.3 is 17.9 Å². The molecule has 8 heteroatoms. The summed E-state index contributed by atoms with van der Waals surface area (Å²) in [6.45, 7) is 3.05. The van der Waals surface area contributed by atoms with Crippen LogP contribution in [-0.4, -0.2) is 36.2 Å². The predicted octanol–water partition coefficient (Wildman–Crippen LogP) is 1.01. The van der Waals surface area contributed by atoms with Crippen molar-refractivity contribution >= 4 is 17.9 Å². The van der Waals surface area contributed by atoms with Crippen LogP contribution in [0.4, 0.5) is 0 Å². The number of carbonyl (C=O) groups is 3. The van der Waals surface area contributed by atoms with Crippen LogP contribution in [0.2, 0.25) is 0 Å². The SMILES string of the molecule is C=CC(=O)OCCOOOC(=O)[C@H]1CC[C@H](C(=O)O)CC1. The molecule has 0 heterocycles. The minimum atomic E-state index is -0.838. The Morgan fingerprint density at radius 1 is 1.10 bits per heavy atom. The highest BCUT2D eigenvalue weighted by atomic mass is 17.5. The molecule has 0 aromatic heterocycles. The summed E-state index contributed by atoms with van der Waals surface area (Å²) < 4.78 is 4.59. The second kappa shape index (κ2) is 9.09. The standard InChI is InChI=1S/C13H18O8/c1-2-11(14)18-7-8-19-21-20-13(17)10-5-3-9(4-6-10)12(15)16/h2,9-10H,1,3-8H2,(H,15,16)/t9-,10-. The molecule has 0 aliphatic heterocycles. The molecule has 0 amide bonds. The zero-order valence-electron chi connectivity index (χ0n) is 11.5. The van der Waals surface area contributed by atoms with E-state index >= 15 is 0 Å². The number of hydrogen-bond donors (Lipinski definition) is 1. The van der Waals surface area contributed by atoms with E-state index in [1.165, 1.54) is 0 Å². The number of esters is 1.